The van der Waals surface area contributed by atoms with Crippen molar-refractivity contribution in [3.63, 3.8) is 0 Å². The third-order valence-corrected chi connectivity index (χ3v) is 5.30. The number of hydrogen-bond donors (Lipinski definition) is 1. The molecule has 0 aromatic heterocycles. The molecule has 174 valence electrons. The van der Waals surface area contributed by atoms with E-state index in [1.807, 2.05) is 0 Å². The number of methoxy groups -OCH3 is 1. The van der Waals surface area contributed by atoms with Crippen molar-refractivity contribution in [1.82, 2.24) is 5.32 Å². The molecule has 0 aliphatic heterocycles. The molecule has 0 radical (unpaired) electrons. The van der Waals surface area contributed by atoms with E-state index in [1.54, 1.807) is 32.9 Å². The van der Waals surface area contributed by atoms with E-state index in [1.165, 1.54) is 32.2 Å². The van der Waals surface area contributed by atoms with E-state index in [9.17, 15) is 9.59 Å². The zero-order valence-electron chi connectivity index (χ0n) is 18.1. The molecule has 0 saturated heterocycles. The molecule has 0 spiro atoms. The molecule has 0 heterocycles. The fourth-order valence-corrected chi connectivity index (χ4v) is 3.86. The van der Waals surface area contributed by atoms with Gasteiger partial charge in [0.2, 0.25) is 0 Å². The van der Waals surface area contributed by atoms with Gasteiger partial charge in [-0.3, -0.25) is 0 Å². The summed E-state index contributed by atoms with van der Waals surface area (Å²) in [7, 11) is 1.47. The highest BCUT2D eigenvalue weighted by molar-refractivity contribution is 6.37. The van der Waals surface area contributed by atoms with Gasteiger partial charge in [-0.25, -0.2) is 9.59 Å². The van der Waals surface area contributed by atoms with Crippen molar-refractivity contribution in [3.8, 4) is 5.75 Å². The average molecular weight is 523 g/mol. The predicted octanol–water partition coefficient (Wildman–Crippen LogP) is 6.85. The quantitative estimate of drug-likeness (QED) is 0.419. The smallest absolute Gasteiger partial charge is 0.408 e. The Bertz CT molecular complexity index is 983. The van der Waals surface area contributed by atoms with Gasteiger partial charge in [0.25, 0.3) is 0 Å². The summed E-state index contributed by atoms with van der Waals surface area (Å²) in [5.41, 5.74) is -0.0175. The van der Waals surface area contributed by atoms with Gasteiger partial charge in [0, 0.05) is 21.2 Å². The highest BCUT2D eigenvalue weighted by Crippen LogP contribution is 2.42. The molecule has 0 aliphatic rings. The first-order chi connectivity index (χ1) is 14.8. The van der Waals surface area contributed by atoms with Crippen molar-refractivity contribution < 1.29 is 23.8 Å². The van der Waals surface area contributed by atoms with Crippen LogP contribution in [0.4, 0.5) is 4.79 Å². The zero-order chi connectivity index (χ0) is 24.2. The number of benzene rings is 2. The summed E-state index contributed by atoms with van der Waals surface area (Å²) in [5.74, 6) is -0.328. The second-order valence-electron chi connectivity index (χ2n) is 7.86. The van der Waals surface area contributed by atoms with Crippen LogP contribution in [-0.2, 0) is 14.3 Å². The van der Waals surface area contributed by atoms with Crippen LogP contribution >= 0.6 is 46.4 Å². The third kappa shape index (κ3) is 7.07. The molecule has 10 heteroatoms. The topological polar surface area (TPSA) is 73.9 Å². The lowest BCUT2D eigenvalue weighted by atomic mass is 10.0. The van der Waals surface area contributed by atoms with Gasteiger partial charge in [-0.1, -0.05) is 52.5 Å². The Hall–Kier alpha value is -1.86. The van der Waals surface area contributed by atoms with Gasteiger partial charge in [0.05, 0.1) is 17.2 Å². The standard InChI is InChI=1S/C22H23Cl4NO5/c1-11(27-21(29)32-22(2,3)4)20(28)31-19(14-7-6-12(23)8-15(14)24)18-16(25)9-13(30-5)10-17(18)26/h6-11,19H,1-5H3,(H,27,29)/t11-,19?/m1/s1. The Labute approximate surface area is 207 Å². The average Bonchev–Trinajstić information content (AvgIpc) is 2.64. The molecular formula is C22H23Cl4NO5. The van der Waals surface area contributed by atoms with Crippen LogP contribution in [0, 0.1) is 0 Å². The fourth-order valence-electron chi connectivity index (χ4n) is 2.68. The third-order valence-electron chi connectivity index (χ3n) is 4.12. The van der Waals surface area contributed by atoms with Crippen molar-refractivity contribution >= 4 is 58.5 Å². The summed E-state index contributed by atoms with van der Waals surface area (Å²) in [6, 6.07) is 6.75. The minimum atomic E-state index is -1.08. The van der Waals surface area contributed by atoms with Crippen molar-refractivity contribution in [2.24, 2.45) is 0 Å². The van der Waals surface area contributed by atoms with Crippen LogP contribution in [0.25, 0.3) is 0 Å². The van der Waals surface area contributed by atoms with Crippen molar-refractivity contribution in [2.45, 2.75) is 45.4 Å². The highest BCUT2D eigenvalue weighted by Gasteiger charge is 2.30. The van der Waals surface area contributed by atoms with Crippen LogP contribution in [0.1, 0.15) is 44.9 Å². The van der Waals surface area contributed by atoms with E-state index >= 15 is 0 Å². The Balaban J connectivity index is 2.41. The van der Waals surface area contributed by atoms with Crippen LogP contribution in [0.3, 0.4) is 0 Å². The Morgan fingerprint density at radius 3 is 2.06 bits per heavy atom. The number of hydrogen-bond acceptors (Lipinski definition) is 5. The zero-order valence-corrected chi connectivity index (χ0v) is 21.1. The predicted molar refractivity (Wildman–Crippen MR) is 126 cm³/mol. The lowest BCUT2D eigenvalue weighted by Crippen LogP contribution is -2.42. The molecule has 0 aliphatic carbocycles. The summed E-state index contributed by atoms with van der Waals surface area (Å²) in [5, 5.41) is 3.48. The van der Waals surface area contributed by atoms with Crippen molar-refractivity contribution in [1.29, 1.82) is 0 Å². The lowest BCUT2D eigenvalue weighted by Gasteiger charge is -2.25. The van der Waals surface area contributed by atoms with Gasteiger partial charge in [-0.2, -0.15) is 0 Å². The first kappa shape index (κ1) is 26.4. The maximum Gasteiger partial charge on any atom is 0.408 e. The Kier molecular flexibility index (Phi) is 8.94. The molecule has 1 unspecified atom stereocenters. The molecule has 32 heavy (non-hydrogen) atoms. The van der Waals surface area contributed by atoms with E-state index in [0.717, 1.165) is 0 Å². The van der Waals surface area contributed by atoms with E-state index in [-0.39, 0.29) is 15.1 Å². The van der Waals surface area contributed by atoms with Crippen LogP contribution in [0.2, 0.25) is 20.1 Å². The van der Waals surface area contributed by atoms with Crippen LogP contribution < -0.4 is 10.1 Å². The molecule has 1 amide bonds. The minimum absolute atomic E-state index is 0.200. The van der Waals surface area contributed by atoms with Gasteiger partial charge >= 0.3 is 12.1 Å². The Morgan fingerprint density at radius 2 is 1.56 bits per heavy atom. The highest BCUT2D eigenvalue weighted by atomic mass is 35.5. The summed E-state index contributed by atoms with van der Waals surface area (Å²) < 4.78 is 16.1. The van der Waals surface area contributed by atoms with E-state index in [4.69, 9.17) is 60.6 Å². The second-order valence-corrected chi connectivity index (χ2v) is 9.51. The number of nitrogens with one attached hydrogen (secondary N) is 1. The molecule has 6 nitrogen and oxygen atoms in total. The molecular weight excluding hydrogens is 500 g/mol. The van der Waals surface area contributed by atoms with Gasteiger partial charge in [0.15, 0.2) is 6.10 Å². The second kappa shape index (κ2) is 10.8. The van der Waals surface area contributed by atoms with Crippen molar-refractivity contribution in [3.05, 3.63) is 61.5 Å². The molecule has 0 bridgehead atoms. The molecule has 2 rings (SSSR count). The number of carbonyl (C=O) groups excluding carboxylic acids is 2. The van der Waals surface area contributed by atoms with E-state index < -0.39 is 29.8 Å². The number of ether oxygens (including phenoxy) is 3. The monoisotopic (exact) mass is 521 g/mol. The molecule has 0 fully saturated rings. The lowest BCUT2D eigenvalue weighted by molar-refractivity contribution is -0.149. The summed E-state index contributed by atoms with van der Waals surface area (Å²) in [4.78, 5) is 24.9. The number of amides is 1. The van der Waals surface area contributed by atoms with Gasteiger partial charge in [0.1, 0.15) is 17.4 Å². The normalized spacial score (nSPS) is 13.2. The first-order valence-corrected chi connectivity index (χ1v) is 11.0. The van der Waals surface area contributed by atoms with E-state index in [0.29, 0.717) is 21.9 Å². The molecule has 0 saturated carbocycles. The summed E-state index contributed by atoms with van der Waals surface area (Å²) in [6.07, 6.45) is -1.84. The number of rotatable bonds is 6. The maximum atomic E-state index is 12.9. The van der Waals surface area contributed by atoms with Gasteiger partial charge in [-0.05, 0) is 52.0 Å². The van der Waals surface area contributed by atoms with Crippen LogP contribution in [0.5, 0.6) is 5.75 Å². The molecule has 2 aromatic rings. The van der Waals surface area contributed by atoms with Crippen LogP contribution in [0.15, 0.2) is 30.3 Å². The number of carbonyl (C=O) groups is 2. The Morgan fingerprint density at radius 1 is 0.969 bits per heavy atom. The number of halogens is 4. The van der Waals surface area contributed by atoms with Crippen LogP contribution in [-0.4, -0.2) is 30.8 Å². The minimum Gasteiger partial charge on any atom is -0.497 e. The fraction of sp³-hybridized carbons (Fsp3) is 0.364. The molecule has 2 aromatic carbocycles. The number of esters is 1. The SMILES string of the molecule is COc1cc(Cl)c(C(OC(=O)[C@@H](C)NC(=O)OC(C)(C)C)c2ccc(Cl)cc2Cl)c(Cl)c1. The van der Waals surface area contributed by atoms with Gasteiger partial charge in [-0.15, -0.1) is 0 Å². The molecule has 2 atom stereocenters. The largest absolute Gasteiger partial charge is 0.497 e. The van der Waals surface area contributed by atoms with E-state index in [2.05, 4.69) is 5.32 Å². The van der Waals surface area contributed by atoms with Gasteiger partial charge < -0.3 is 19.5 Å². The van der Waals surface area contributed by atoms with Crippen molar-refractivity contribution in [2.75, 3.05) is 7.11 Å². The first-order valence-electron chi connectivity index (χ1n) is 9.50. The maximum absolute atomic E-state index is 12.9. The number of alkyl carbamates (subject to hydrolysis) is 1. The summed E-state index contributed by atoms with van der Waals surface area (Å²) >= 11 is 25.3. The molecule has 1 N–H and O–H groups in total. The summed E-state index contributed by atoms with van der Waals surface area (Å²) in [6.45, 7) is 6.59.